The van der Waals surface area contributed by atoms with Gasteiger partial charge in [0.25, 0.3) is 11.8 Å². The Morgan fingerprint density at radius 2 is 0.958 bits per heavy atom. The Kier molecular flexibility index (Phi) is 14.7. The lowest BCUT2D eigenvalue weighted by Crippen LogP contribution is -2.70. The van der Waals surface area contributed by atoms with Gasteiger partial charge in [-0.15, -0.1) is 0 Å². The number of amides is 2. The van der Waals surface area contributed by atoms with Crippen LogP contribution in [0.3, 0.4) is 0 Å². The molecule has 2 amide bonds. The highest BCUT2D eigenvalue weighted by atomic mass is 17.3. The summed E-state index contributed by atoms with van der Waals surface area (Å²) in [5, 5.41) is 6.21. The topological polar surface area (TPSA) is 157 Å². The lowest BCUT2D eigenvalue weighted by Gasteiger charge is -2.60. The summed E-state index contributed by atoms with van der Waals surface area (Å²) in [6.07, 6.45) is 7.72. The average Bonchev–Trinajstić information content (AvgIpc) is 3.77. The normalized spacial score (nSPS) is 41.4. The number of piperazine rings is 1. The molecular weight excluding hydrogens is 921 g/mol. The minimum absolute atomic E-state index is 0.0680. The number of fused-ring (bicyclic) bond motifs is 4. The highest BCUT2D eigenvalue weighted by Crippen LogP contribution is 2.62. The fraction of sp³-hybridized carbons (Fsp3) is 0.750. The van der Waals surface area contributed by atoms with Crippen LogP contribution in [0, 0.1) is 47.3 Å². The van der Waals surface area contributed by atoms with E-state index in [0.717, 1.165) is 115 Å². The maximum absolute atomic E-state index is 13.1. The van der Waals surface area contributed by atoms with Crippen LogP contribution >= 0.6 is 0 Å². The molecule has 0 radical (unpaired) electrons. The number of carbonyl (C=O) groups is 2. The van der Waals surface area contributed by atoms with Crippen molar-refractivity contribution in [2.75, 3.05) is 52.4 Å². The molecule has 6 unspecified atom stereocenters. The van der Waals surface area contributed by atoms with Gasteiger partial charge in [0.2, 0.25) is 11.6 Å². The van der Waals surface area contributed by atoms with E-state index in [-0.39, 0.29) is 35.5 Å². The summed E-state index contributed by atoms with van der Waals surface area (Å²) in [6.45, 7) is 20.7. The molecule has 11 fully saturated rings. The van der Waals surface area contributed by atoms with Crippen molar-refractivity contribution in [3.05, 3.63) is 70.8 Å². The summed E-state index contributed by atoms with van der Waals surface area (Å²) >= 11 is 0. The van der Waals surface area contributed by atoms with E-state index in [0.29, 0.717) is 61.1 Å². The van der Waals surface area contributed by atoms with Gasteiger partial charge in [-0.1, -0.05) is 52.0 Å². The van der Waals surface area contributed by atoms with Crippen LogP contribution in [0.5, 0.6) is 0 Å². The molecule has 2 spiro atoms. The number of hydrogen-bond acceptors (Lipinski definition) is 14. The molecule has 16 heteroatoms. The summed E-state index contributed by atoms with van der Waals surface area (Å²) in [4.78, 5) is 55.5. The van der Waals surface area contributed by atoms with Crippen LogP contribution in [-0.4, -0.2) is 122 Å². The van der Waals surface area contributed by atoms with Crippen LogP contribution in [-0.2, 0) is 61.2 Å². The number of hydrogen-bond donors (Lipinski definition) is 2. The van der Waals surface area contributed by atoms with Gasteiger partial charge in [-0.05, 0) is 137 Å². The molecule has 2 N–H and O–H groups in total. The molecule has 2 aliphatic carbocycles. The van der Waals surface area contributed by atoms with Gasteiger partial charge in [0.05, 0.1) is 13.2 Å². The van der Waals surface area contributed by atoms with E-state index in [9.17, 15) is 9.59 Å². The minimum Gasteiger partial charge on any atom is -0.352 e. The van der Waals surface area contributed by atoms with Gasteiger partial charge in [-0.2, -0.15) is 0 Å². The fourth-order valence-electron chi connectivity index (χ4n) is 14.4. The molecule has 9 aliphatic heterocycles. The predicted molar refractivity (Wildman–Crippen MR) is 263 cm³/mol. The second kappa shape index (κ2) is 20.8. The molecule has 396 valence electrons. The van der Waals surface area contributed by atoms with Crippen LogP contribution in [0.15, 0.2) is 48.5 Å². The van der Waals surface area contributed by atoms with Gasteiger partial charge in [0.1, 0.15) is 0 Å². The molecule has 16 atom stereocenters. The monoisotopic (exact) mass is 1000 g/mol. The number of nitrogens with zero attached hydrogens (tertiary/aromatic N) is 2. The van der Waals surface area contributed by atoms with Crippen LogP contribution in [0.1, 0.15) is 138 Å². The minimum atomic E-state index is -0.817. The summed E-state index contributed by atoms with van der Waals surface area (Å²) in [5.74, 6) is 0.504. The molecule has 9 heterocycles. The van der Waals surface area contributed by atoms with E-state index in [2.05, 4.69) is 48.1 Å². The van der Waals surface area contributed by atoms with Crippen molar-refractivity contribution in [1.29, 1.82) is 0 Å². The first-order valence-electron chi connectivity index (χ1n) is 27.6. The first-order chi connectivity index (χ1) is 34.8. The van der Waals surface area contributed by atoms with Crippen molar-refractivity contribution in [2.45, 2.75) is 167 Å². The van der Waals surface area contributed by atoms with Gasteiger partial charge in [0, 0.05) is 86.9 Å². The van der Waals surface area contributed by atoms with Crippen LogP contribution in [0.4, 0.5) is 0 Å². The van der Waals surface area contributed by atoms with Gasteiger partial charge in [-0.3, -0.25) is 9.59 Å². The standard InChI is InChI=1S/C56H80N4O12/c1-35-9-19-45-37(3)49(65-51-55(45)43(35)21-23-53(5,67-51)69-71-55)63-33-39-11-15-41(16-12-39)47(61)57-25-7-27-59-29-31-60(32-30-59)28-8-26-58-48(62)42-17-13-40(14-18-42)34-64-50-38(4)46-20-10-36(2)44-22-24-54(6)68-52(66-50)56(44,46)72-70-54/h11-18,35-38,43-46,49-52H,7-10,19-34H2,1-6H3,(H,57,61)(H,58,62)/t35-,36-,37-,38-,43?,44?,45?,46?,49+,50+,51?,52?,53+,54+,55-,56-/m1/s1. The van der Waals surface area contributed by atoms with Crippen LogP contribution < -0.4 is 10.6 Å². The second-order valence-electron chi connectivity index (χ2n) is 23.5. The fourth-order valence-corrected chi connectivity index (χ4v) is 14.4. The van der Waals surface area contributed by atoms with Crippen molar-refractivity contribution in [3.63, 3.8) is 0 Å². The molecule has 0 aromatic heterocycles. The van der Waals surface area contributed by atoms with E-state index < -0.39 is 47.9 Å². The van der Waals surface area contributed by atoms with E-state index in [1.165, 1.54) is 0 Å². The van der Waals surface area contributed by atoms with Gasteiger partial charge >= 0.3 is 0 Å². The summed E-state index contributed by atoms with van der Waals surface area (Å²) in [7, 11) is 0. The Morgan fingerprint density at radius 3 is 1.36 bits per heavy atom. The third kappa shape index (κ3) is 9.72. The quantitative estimate of drug-likeness (QED) is 0.125. The van der Waals surface area contributed by atoms with Crippen molar-refractivity contribution < 1.29 is 57.6 Å². The zero-order valence-corrected chi connectivity index (χ0v) is 43.5. The van der Waals surface area contributed by atoms with Crippen molar-refractivity contribution in [3.8, 4) is 0 Å². The Labute approximate surface area is 425 Å². The SMILES string of the molecule is C[C@@H]1CCC2[C@@H](C)[C@@H](OCc3ccc(C(=O)NCCCN4CCN(CCCNC(=O)c5ccc(CO[C@H]6OC7O[C@]8(C)CCC9[C@H](C)CCC([C@H]6C)[C@@]79OO8)cc5)CC4)cc3)OC3O[C@]4(C)CCC1[C@]32OO4. The number of rotatable bonds is 16. The second-order valence-corrected chi connectivity index (χ2v) is 23.5. The number of carbonyl (C=O) groups excluding carboxylic acids is 2. The smallest absolute Gasteiger partial charge is 0.251 e. The maximum Gasteiger partial charge on any atom is 0.251 e. The van der Waals surface area contributed by atoms with Crippen LogP contribution in [0.2, 0.25) is 0 Å². The molecule has 72 heavy (non-hydrogen) atoms. The Hall–Kier alpha value is -3.10. The third-order valence-corrected chi connectivity index (χ3v) is 18.8. The van der Waals surface area contributed by atoms with Gasteiger partial charge < -0.3 is 48.9 Å². The summed E-state index contributed by atoms with van der Waals surface area (Å²) in [6, 6.07) is 15.3. The zero-order valence-electron chi connectivity index (χ0n) is 43.5. The number of benzene rings is 2. The van der Waals surface area contributed by atoms with Crippen molar-refractivity contribution in [2.24, 2.45) is 47.3 Å². The van der Waals surface area contributed by atoms with Crippen molar-refractivity contribution >= 4 is 11.8 Å². The first kappa shape index (κ1) is 51.0. The molecule has 13 rings (SSSR count). The first-order valence-corrected chi connectivity index (χ1v) is 27.6. The zero-order chi connectivity index (χ0) is 49.8. The molecule has 9 saturated heterocycles. The highest BCUT2D eigenvalue weighted by Gasteiger charge is 2.71. The van der Waals surface area contributed by atoms with E-state index in [4.69, 9.17) is 48.0 Å². The Morgan fingerprint density at radius 1 is 0.556 bits per heavy atom. The molecule has 4 bridgehead atoms. The number of nitrogens with one attached hydrogen (secondary N) is 2. The molecule has 2 aromatic carbocycles. The lowest BCUT2D eigenvalue weighted by molar-refractivity contribution is -0.577. The van der Waals surface area contributed by atoms with Crippen molar-refractivity contribution in [1.82, 2.24) is 20.4 Å². The van der Waals surface area contributed by atoms with E-state index >= 15 is 0 Å². The molecule has 11 aliphatic rings. The van der Waals surface area contributed by atoms with Gasteiger partial charge in [-0.25, -0.2) is 19.6 Å². The predicted octanol–water partition coefficient (Wildman–Crippen LogP) is 7.69. The average molecular weight is 1000 g/mol. The van der Waals surface area contributed by atoms with Crippen LogP contribution in [0.25, 0.3) is 0 Å². The Balaban J connectivity index is 0.548. The summed E-state index contributed by atoms with van der Waals surface area (Å²) in [5.41, 5.74) is 2.02. The number of ether oxygens (including phenoxy) is 6. The van der Waals surface area contributed by atoms with E-state index in [1.54, 1.807) is 0 Å². The summed E-state index contributed by atoms with van der Waals surface area (Å²) < 4.78 is 39.0. The third-order valence-electron chi connectivity index (χ3n) is 18.8. The molecule has 2 aromatic rings. The lowest BCUT2D eigenvalue weighted by atomic mass is 9.58. The highest BCUT2D eigenvalue weighted by molar-refractivity contribution is 5.94. The molecule has 16 nitrogen and oxygen atoms in total. The molecular formula is C56H80N4O12. The van der Waals surface area contributed by atoms with Gasteiger partial charge in [0.15, 0.2) is 36.4 Å². The van der Waals surface area contributed by atoms with E-state index in [1.807, 2.05) is 62.4 Å². The Bertz CT molecular complexity index is 2060. The maximum atomic E-state index is 13.1. The molecule has 2 saturated carbocycles. The largest absolute Gasteiger partial charge is 0.352 e.